The average Bonchev–Trinajstić information content (AvgIpc) is 2.80. The molecule has 8 nitrogen and oxygen atoms in total. The van der Waals surface area contributed by atoms with Crippen molar-refractivity contribution in [3.05, 3.63) is 29.8 Å². The van der Waals surface area contributed by atoms with Crippen LogP contribution in [0, 0.1) is 0 Å². The van der Waals surface area contributed by atoms with Gasteiger partial charge < -0.3 is 14.5 Å². The van der Waals surface area contributed by atoms with E-state index in [0.29, 0.717) is 43.9 Å². The zero-order chi connectivity index (χ0) is 18.4. The van der Waals surface area contributed by atoms with Gasteiger partial charge in [-0.15, -0.1) is 0 Å². The number of amides is 2. The summed E-state index contributed by atoms with van der Waals surface area (Å²) in [7, 11) is -1.87. The molecule has 0 aromatic heterocycles. The molecule has 1 fully saturated rings. The van der Waals surface area contributed by atoms with Crippen molar-refractivity contribution in [3.63, 3.8) is 0 Å². The van der Waals surface area contributed by atoms with Crippen LogP contribution in [0.25, 0.3) is 0 Å². The molecule has 2 rings (SSSR count). The van der Waals surface area contributed by atoms with E-state index in [2.05, 4.69) is 4.72 Å². The van der Waals surface area contributed by atoms with Gasteiger partial charge in [-0.1, -0.05) is 0 Å². The van der Waals surface area contributed by atoms with Gasteiger partial charge in [-0.3, -0.25) is 14.3 Å². The van der Waals surface area contributed by atoms with Gasteiger partial charge in [-0.05, 0) is 30.7 Å². The van der Waals surface area contributed by atoms with E-state index in [9.17, 15) is 18.0 Å². The molecule has 0 bridgehead atoms. The first-order valence-corrected chi connectivity index (χ1v) is 9.83. The molecule has 0 saturated carbocycles. The first-order valence-electron chi connectivity index (χ1n) is 7.94. The predicted octanol–water partition coefficient (Wildman–Crippen LogP) is 0.379. The van der Waals surface area contributed by atoms with Crippen LogP contribution < -0.4 is 4.72 Å². The first-order chi connectivity index (χ1) is 11.8. The van der Waals surface area contributed by atoms with Crippen LogP contribution >= 0.6 is 0 Å². The maximum atomic E-state index is 12.6. The topological polar surface area (TPSA) is 96.0 Å². The second kappa shape index (κ2) is 8.30. The SMILES string of the molecule is COCC(=O)N1CCCN(C(=O)c2ccc(NS(C)(=O)=O)cc2)CC1. The number of nitrogens with one attached hydrogen (secondary N) is 1. The summed E-state index contributed by atoms with van der Waals surface area (Å²) in [6.07, 6.45) is 1.77. The van der Waals surface area contributed by atoms with E-state index in [1.54, 1.807) is 34.1 Å². The molecule has 1 aromatic rings. The van der Waals surface area contributed by atoms with Crippen molar-refractivity contribution in [2.75, 3.05) is 50.9 Å². The smallest absolute Gasteiger partial charge is 0.253 e. The molecule has 1 heterocycles. The van der Waals surface area contributed by atoms with Crippen molar-refractivity contribution in [2.45, 2.75) is 6.42 Å². The van der Waals surface area contributed by atoms with Crippen molar-refractivity contribution in [3.8, 4) is 0 Å². The number of rotatable bonds is 5. The minimum atomic E-state index is -3.35. The number of nitrogens with zero attached hydrogens (tertiary/aromatic N) is 2. The minimum Gasteiger partial charge on any atom is -0.375 e. The normalized spacial score (nSPS) is 15.6. The van der Waals surface area contributed by atoms with Crippen LogP contribution in [0.3, 0.4) is 0 Å². The van der Waals surface area contributed by atoms with E-state index in [0.717, 1.165) is 6.26 Å². The maximum absolute atomic E-state index is 12.6. The molecule has 9 heteroatoms. The second-order valence-corrected chi connectivity index (χ2v) is 7.66. The summed E-state index contributed by atoms with van der Waals surface area (Å²) in [6.45, 7) is 2.14. The van der Waals surface area contributed by atoms with Gasteiger partial charge in [0.1, 0.15) is 6.61 Å². The largest absolute Gasteiger partial charge is 0.375 e. The highest BCUT2D eigenvalue weighted by molar-refractivity contribution is 7.92. The van der Waals surface area contributed by atoms with Gasteiger partial charge >= 0.3 is 0 Å². The third-order valence-corrected chi connectivity index (χ3v) is 4.45. The molecule has 2 amide bonds. The predicted molar refractivity (Wildman–Crippen MR) is 93.9 cm³/mol. The lowest BCUT2D eigenvalue weighted by molar-refractivity contribution is -0.135. The Morgan fingerprint density at radius 2 is 1.68 bits per heavy atom. The Bertz CT molecular complexity index is 718. The molecule has 25 heavy (non-hydrogen) atoms. The maximum Gasteiger partial charge on any atom is 0.253 e. The Hall–Kier alpha value is -2.13. The van der Waals surface area contributed by atoms with Crippen LogP contribution in [0.15, 0.2) is 24.3 Å². The molecule has 1 aromatic carbocycles. The minimum absolute atomic E-state index is 0.0444. The molecule has 1 aliphatic heterocycles. The summed E-state index contributed by atoms with van der Waals surface area (Å²) in [4.78, 5) is 27.9. The lowest BCUT2D eigenvalue weighted by Gasteiger charge is -2.22. The van der Waals surface area contributed by atoms with Gasteiger partial charge in [0, 0.05) is 44.5 Å². The lowest BCUT2D eigenvalue weighted by atomic mass is 10.2. The summed E-state index contributed by atoms with van der Waals surface area (Å²) in [5, 5.41) is 0. The van der Waals surface area contributed by atoms with Crippen LogP contribution in [0.1, 0.15) is 16.8 Å². The summed E-state index contributed by atoms with van der Waals surface area (Å²) in [6, 6.07) is 6.30. The standard InChI is InChI=1S/C16H23N3O5S/c1-24-12-15(20)18-8-3-9-19(11-10-18)16(21)13-4-6-14(7-5-13)17-25(2,22)23/h4-7,17H,3,8-12H2,1-2H3. The Labute approximate surface area is 147 Å². The molecule has 1 saturated heterocycles. The van der Waals surface area contributed by atoms with E-state index in [1.807, 2.05) is 0 Å². The number of ether oxygens (including phenoxy) is 1. The van der Waals surface area contributed by atoms with Crippen LogP contribution in [-0.4, -0.2) is 76.2 Å². The molecule has 138 valence electrons. The molecule has 0 atom stereocenters. The van der Waals surface area contributed by atoms with Gasteiger partial charge in [0.15, 0.2) is 0 Å². The number of carbonyl (C=O) groups is 2. The van der Waals surface area contributed by atoms with E-state index in [-0.39, 0.29) is 18.4 Å². The van der Waals surface area contributed by atoms with E-state index in [4.69, 9.17) is 4.74 Å². The number of carbonyl (C=O) groups excluding carboxylic acids is 2. The molecule has 0 aliphatic carbocycles. The van der Waals surface area contributed by atoms with Gasteiger partial charge in [0.2, 0.25) is 15.9 Å². The summed E-state index contributed by atoms with van der Waals surface area (Å²) in [5.74, 6) is -0.208. The molecule has 0 radical (unpaired) electrons. The van der Waals surface area contributed by atoms with Gasteiger partial charge in [0.05, 0.1) is 6.26 Å². The Balaban J connectivity index is 1.99. The van der Waals surface area contributed by atoms with Gasteiger partial charge in [0.25, 0.3) is 5.91 Å². The second-order valence-electron chi connectivity index (χ2n) is 5.91. The molecule has 0 spiro atoms. The number of methoxy groups -OCH3 is 1. The van der Waals surface area contributed by atoms with Crippen LogP contribution in [0.4, 0.5) is 5.69 Å². The van der Waals surface area contributed by atoms with Crippen molar-refractivity contribution < 1.29 is 22.7 Å². The van der Waals surface area contributed by atoms with Gasteiger partial charge in [-0.2, -0.15) is 0 Å². The highest BCUT2D eigenvalue weighted by atomic mass is 32.2. The quantitative estimate of drug-likeness (QED) is 0.809. The zero-order valence-electron chi connectivity index (χ0n) is 14.4. The monoisotopic (exact) mass is 369 g/mol. The molecule has 1 N–H and O–H groups in total. The highest BCUT2D eigenvalue weighted by Crippen LogP contribution is 2.14. The Kier molecular flexibility index (Phi) is 6.38. The molecule has 1 aliphatic rings. The van der Waals surface area contributed by atoms with E-state index >= 15 is 0 Å². The Morgan fingerprint density at radius 3 is 2.28 bits per heavy atom. The van der Waals surface area contributed by atoms with Gasteiger partial charge in [-0.25, -0.2) is 8.42 Å². The molecule has 0 unspecified atom stereocenters. The van der Waals surface area contributed by atoms with Crippen molar-refractivity contribution in [1.82, 2.24) is 9.80 Å². The zero-order valence-corrected chi connectivity index (χ0v) is 15.2. The van der Waals surface area contributed by atoms with E-state index < -0.39 is 10.0 Å². The highest BCUT2D eigenvalue weighted by Gasteiger charge is 2.22. The lowest BCUT2D eigenvalue weighted by Crippen LogP contribution is -2.38. The average molecular weight is 369 g/mol. The number of sulfonamides is 1. The summed E-state index contributed by atoms with van der Waals surface area (Å²) >= 11 is 0. The van der Waals surface area contributed by atoms with Crippen LogP contribution in [-0.2, 0) is 19.6 Å². The first kappa shape index (κ1) is 19.2. The van der Waals surface area contributed by atoms with Crippen LogP contribution in [0.2, 0.25) is 0 Å². The molecular formula is C16H23N3O5S. The van der Waals surface area contributed by atoms with E-state index in [1.165, 1.54) is 7.11 Å². The van der Waals surface area contributed by atoms with Crippen molar-refractivity contribution >= 4 is 27.5 Å². The van der Waals surface area contributed by atoms with Crippen LogP contribution in [0.5, 0.6) is 0 Å². The number of hydrogen-bond donors (Lipinski definition) is 1. The number of hydrogen-bond acceptors (Lipinski definition) is 5. The number of benzene rings is 1. The summed E-state index contributed by atoms with van der Waals surface area (Å²) in [5.41, 5.74) is 0.891. The third-order valence-electron chi connectivity index (χ3n) is 3.84. The molecular weight excluding hydrogens is 346 g/mol. The summed E-state index contributed by atoms with van der Waals surface area (Å²) < 4.78 is 29.6. The fraction of sp³-hybridized carbons (Fsp3) is 0.500. The fourth-order valence-electron chi connectivity index (χ4n) is 2.66. The number of anilines is 1. The van der Waals surface area contributed by atoms with Crippen molar-refractivity contribution in [2.24, 2.45) is 0 Å². The van der Waals surface area contributed by atoms with Crippen molar-refractivity contribution in [1.29, 1.82) is 0 Å². The third kappa shape index (κ3) is 5.71. The fourth-order valence-corrected chi connectivity index (χ4v) is 3.23. The Morgan fingerprint density at radius 1 is 1.08 bits per heavy atom.